The molecule has 0 aliphatic heterocycles. The van der Waals surface area contributed by atoms with Crippen LogP contribution in [0.5, 0.6) is 0 Å². The summed E-state index contributed by atoms with van der Waals surface area (Å²) in [5.74, 6) is -0.186. The van der Waals surface area contributed by atoms with Crippen molar-refractivity contribution in [3.8, 4) is 11.1 Å². The quantitative estimate of drug-likeness (QED) is 0.823. The molecular weight excluding hydrogens is 342 g/mol. The van der Waals surface area contributed by atoms with Gasteiger partial charge in [-0.1, -0.05) is 18.2 Å². The zero-order valence-corrected chi connectivity index (χ0v) is 16.5. The molecule has 0 saturated carbocycles. The van der Waals surface area contributed by atoms with E-state index in [4.69, 9.17) is 4.74 Å². The molecule has 1 heterocycles. The number of amides is 2. The van der Waals surface area contributed by atoms with Gasteiger partial charge in [-0.05, 0) is 52.3 Å². The first-order valence-corrected chi connectivity index (χ1v) is 8.94. The van der Waals surface area contributed by atoms with Crippen LogP contribution in [0, 0.1) is 6.92 Å². The van der Waals surface area contributed by atoms with Crippen molar-refractivity contribution >= 4 is 17.7 Å². The third-order valence-corrected chi connectivity index (χ3v) is 3.68. The molecule has 27 heavy (non-hydrogen) atoms. The number of aryl methyl sites for hydroxylation is 1. The van der Waals surface area contributed by atoms with Crippen molar-refractivity contribution in [3.63, 3.8) is 0 Å². The number of anilines is 1. The third-order valence-electron chi connectivity index (χ3n) is 3.68. The Morgan fingerprint density at radius 2 is 1.96 bits per heavy atom. The van der Waals surface area contributed by atoms with Crippen molar-refractivity contribution < 1.29 is 14.3 Å². The van der Waals surface area contributed by atoms with E-state index in [2.05, 4.69) is 15.6 Å². The summed E-state index contributed by atoms with van der Waals surface area (Å²) < 4.78 is 5.21. The summed E-state index contributed by atoms with van der Waals surface area (Å²) in [6, 6.07) is 9.32. The Bertz CT molecular complexity index is 798. The van der Waals surface area contributed by atoms with Crippen LogP contribution in [0.2, 0.25) is 0 Å². The highest BCUT2D eigenvalue weighted by Gasteiger charge is 2.19. The summed E-state index contributed by atoms with van der Waals surface area (Å²) in [4.78, 5) is 28.4. The SMILES string of the molecule is Cc1ccc(-c2cccnc2)c(NC(=O)CC(C)NC(=O)OC(C)(C)C)c1. The van der Waals surface area contributed by atoms with Crippen molar-refractivity contribution in [3.05, 3.63) is 48.3 Å². The van der Waals surface area contributed by atoms with Gasteiger partial charge in [-0.15, -0.1) is 0 Å². The number of carbonyl (C=O) groups excluding carboxylic acids is 2. The predicted molar refractivity (Wildman–Crippen MR) is 106 cm³/mol. The standard InChI is InChI=1S/C21H27N3O3/c1-14-8-9-17(16-7-6-10-22-13-16)18(11-14)24-19(25)12-15(2)23-20(26)27-21(3,4)5/h6-11,13,15H,12H2,1-5H3,(H,23,26)(H,24,25). The molecule has 6 heteroatoms. The van der Waals surface area contributed by atoms with Crippen LogP contribution in [-0.4, -0.2) is 28.6 Å². The highest BCUT2D eigenvalue weighted by Crippen LogP contribution is 2.28. The van der Waals surface area contributed by atoms with E-state index in [9.17, 15) is 9.59 Å². The number of hydrogen-bond donors (Lipinski definition) is 2. The van der Waals surface area contributed by atoms with Gasteiger partial charge in [0.1, 0.15) is 5.60 Å². The summed E-state index contributed by atoms with van der Waals surface area (Å²) in [6.45, 7) is 9.11. The van der Waals surface area contributed by atoms with Crippen LogP contribution in [0.25, 0.3) is 11.1 Å². The van der Waals surface area contributed by atoms with E-state index in [0.29, 0.717) is 0 Å². The molecule has 1 aromatic heterocycles. The number of ether oxygens (including phenoxy) is 1. The maximum atomic E-state index is 12.5. The lowest BCUT2D eigenvalue weighted by molar-refractivity contribution is -0.116. The van der Waals surface area contributed by atoms with Crippen molar-refractivity contribution in [1.82, 2.24) is 10.3 Å². The molecule has 1 aromatic carbocycles. The number of nitrogens with zero attached hydrogens (tertiary/aromatic N) is 1. The smallest absolute Gasteiger partial charge is 0.407 e. The fraction of sp³-hybridized carbons (Fsp3) is 0.381. The van der Waals surface area contributed by atoms with Crippen molar-refractivity contribution in [2.75, 3.05) is 5.32 Å². The van der Waals surface area contributed by atoms with Gasteiger partial charge in [-0.2, -0.15) is 0 Å². The minimum atomic E-state index is -0.577. The van der Waals surface area contributed by atoms with E-state index in [0.717, 1.165) is 22.4 Å². The molecule has 1 unspecified atom stereocenters. The van der Waals surface area contributed by atoms with Gasteiger partial charge in [-0.3, -0.25) is 9.78 Å². The molecule has 0 spiro atoms. The zero-order chi connectivity index (χ0) is 20.0. The van der Waals surface area contributed by atoms with Crippen molar-refractivity contribution in [1.29, 1.82) is 0 Å². The minimum Gasteiger partial charge on any atom is -0.444 e. The van der Waals surface area contributed by atoms with Crippen LogP contribution in [-0.2, 0) is 9.53 Å². The predicted octanol–water partition coefficient (Wildman–Crippen LogP) is 4.30. The second-order valence-corrected chi connectivity index (χ2v) is 7.59. The molecule has 0 bridgehead atoms. The molecule has 1 atom stereocenters. The summed E-state index contributed by atoms with van der Waals surface area (Å²) in [5, 5.41) is 5.62. The Hall–Kier alpha value is -2.89. The van der Waals surface area contributed by atoms with Gasteiger partial charge in [-0.25, -0.2) is 4.79 Å². The van der Waals surface area contributed by atoms with E-state index in [1.54, 1.807) is 40.1 Å². The number of pyridine rings is 1. The van der Waals surface area contributed by atoms with Gasteiger partial charge in [0, 0.05) is 41.7 Å². The van der Waals surface area contributed by atoms with Gasteiger partial charge in [0.2, 0.25) is 5.91 Å². The van der Waals surface area contributed by atoms with E-state index < -0.39 is 11.7 Å². The Labute approximate surface area is 160 Å². The first kappa shape index (κ1) is 20.4. The largest absolute Gasteiger partial charge is 0.444 e. The molecule has 2 aromatic rings. The van der Waals surface area contributed by atoms with Crippen LogP contribution in [0.3, 0.4) is 0 Å². The van der Waals surface area contributed by atoms with Crippen LogP contribution in [0.1, 0.15) is 39.7 Å². The average Bonchev–Trinajstić information content (AvgIpc) is 2.53. The molecule has 144 valence electrons. The molecule has 0 aliphatic carbocycles. The maximum Gasteiger partial charge on any atom is 0.407 e. The monoisotopic (exact) mass is 369 g/mol. The number of carbonyl (C=O) groups is 2. The highest BCUT2D eigenvalue weighted by atomic mass is 16.6. The van der Waals surface area contributed by atoms with Crippen LogP contribution >= 0.6 is 0 Å². The highest BCUT2D eigenvalue weighted by molar-refractivity contribution is 5.96. The van der Waals surface area contributed by atoms with Gasteiger partial charge < -0.3 is 15.4 Å². The molecular formula is C21H27N3O3. The van der Waals surface area contributed by atoms with Gasteiger partial charge in [0.25, 0.3) is 0 Å². The Kier molecular flexibility index (Phi) is 6.55. The summed E-state index contributed by atoms with van der Waals surface area (Å²) >= 11 is 0. The van der Waals surface area contributed by atoms with E-state index >= 15 is 0 Å². The Morgan fingerprint density at radius 3 is 2.59 bits per heavy atom. The Balaban J connectivity index is 2.03. The van der Waals surface area contributed by atoms with E-state index in [1.807, 2.05) is 37.3 Å². The van der Waals surface area contributed by atoms with Crippen LogP contribution in [0.15, 0.2) is 42.7 Å². The molecule has 2 rings (SSSR count). The van der Waals surface area contributed by atoms with Gasteiger partial charge >= 0.3 is 6.09 Å². The average molecular weight is 369 g/mol. The summed E-state index contributed by atoms with van der Waals surface area (Å²) in [7, 11) is 0. The topological polar surface area (TPSA) is 80.3 Å². The summed E-state index contributed by atoms with van der Waals surface area (Å²) in [5.41, 5.74) is 3.00. The van der Waals surface area contributed by atoms with Crippen molar-refractivity contribution in [2.24, 2.45) is 0 Å². The normalized spacial score (nSPS) is 12.2. The first-order valence-electron chi connectivity index (χ1n) is 8.94. The fourth-order valence-corrected chi connectivity index (χ4v) is 2.57. The van der Waals surface area contributed by atoms with Crippen molar-refractivity contribution in [2.45, 2.75) is 52.7 Å². The number of nitrogens with one attached hydrogen (secondary N) is 2. The lowest BCUT2D eigenvalue weighted by atomic mass is 10.0. The van der Waals surface area contributed by atoms with Crippen LogP contribution < -0.4 is 10.6 Å². The molecule has 2 amide bonds. The first-order chi connectivity index (χ1) is 12.6. The zero-order valence-electron chi connectivity index (χ0n) is 16.5. The third kappa shape index (κ3) is 6.73. The number of rotatable bonds is 5. The van der Waals surface area contributed by atoms with Gasteiger partial charge in [0.05, 0.1) is 0 Å². The Morgan fingerprint density at radius 1 is 1.22 bits per heavy atom. The second-order valence-electron chi connectivity index (χ2n) is 7.59. The minimum absolute atomic E-state index is 0.139. The molecule has 6 nitrogen and oxygen atoms in total. The molecule has 0 radical (unpaired) electrons. The number of benzene rings is 1. The number of hydrogen-bond acceptors (Lipinski definition) is 4. The molecule has 0 fully saturated rings. The number of alkyl carbamates (subject to hydrolysis) is 1. The van der Waals surface area contributed by atoms with E-state index in [1.165, 1.54) is 0 Å². The maximum absolute atomic E-state index is 12.5. The van der Waals surface area contributed by atoms with E-state index in [-0.39, 0.29) is 18.4 Å². The fourth-order valence-electron chi connectivity index (χ4n) is 2.57. The number of aromatic nitrogens is 1. The van der Waals surface area contributed by atoms with Crippen LogP contribution in [0.4, 0.5) is 10.5 Å². The lowest BCUT2D eigenvalue weighted by Gasteiger charge is -2.22. The molecule has 0 aliphatic rings. The second kappa shape index (κ2) is 8.66. The molecule has 0 saturated heterocycles. The lowest BCUT2D eigenvalue weighted by Crippen LogP contribution is -2.39. The van der Waals surface area contributed by atoms with Gasteiger partial charge in [0.15, 0.2) is 0 Å². The summed E-state index contributed by atoms with van der Waals surface area (Å²) in [6.07, 6.45) is 3.07. The molecule has 2 N–H and O–H groups in total.